The standard InChI is InChI=1S/C15H31NO3/c1-13(2,3)19-12(17)14(4,5)9-11-18-15(6,7)8-10-16/h8-11,16H2,1-7H3. The van der Waals surface area contributed by atoms with Crippen LogP contribution in [0.25, 0.3) is 0 Å². The molecule has 19 heavy (non-hydrogen) atoms. The fourth-order valence-corrected chi connectivity index (χ4v) is 1.52. The van der Waals surface area contributed by atoms with Crippen LogP contribution in [0.1, 0.15) is 61.3 Å². The number of esters is 1. The molecular weight excluding hydrogens is 242 g/mol. The lowest BCUT2D eigenvalue weighted by atomic mass is 9.89. The summed E-state index contributed by atoms with van der Waals surface area (Å²) in [4.78, 5) is 12.1. The van der Waals surface area contributed by atoms with Gasteiger partial charge >= 0.3 is 5.97 Å². The van der Waals surface area contributed by atoms with Crippen molar-refractivity contribution in [2.24, 2.45) is 11.1 Å². The zero-order valence-electron chi connectivity index (χ0n) is 13.6. The summed E-state index contributed by atoms with van der Waals surface area (Å²) in [5, 5.41) is 0. The van der Waals surface area contributed by atoms with Crippen molar-refractivity contribution in [1.82, 2.24) is 0 Å². The van der Waals surface area contributed by atoms with Gasteiger partial charge in [-0.3, -0.25) is 4.79 Å². The monoisotopic (exact) mass is 273 g/mol. The number of hydrogen-bond acceptors (Lipinski definition) is 4. The Morgan fingerprint density at radius 2 is 1.53 bits per heavy atom. The zero-order chi connectivity index (χ0) is 15.3. The molecule has 0 rings (SSSR count). The molecular formula is C15H31NO3. The fourth-order valence-electron chi connectivity index (χ4n) is 1.52. The number of carbonyl (C=O) groups is 1. The van der Waals surface area contributed by atoms with Crippen molar-refractivity contribution in [1.29, 1.82) is 0 Å². The normalized spacial score (nSPS) is 13.5. The third kappa shape index (κ3) is 8.22. The van der Waals surface area contributed by atoms with Crippen molar-refractivity contribution in [3.63, 3.8) is 0 Å². The number of nitrogens with two attached hydrogens (primary N) is 1. The Balaban J connectivity index is 4.27. The van der Waals surface area contributed by atoms with Crippen molar-refractivity contribution in [3.05, 3.63) is 0 Å². The molecule has 0 aliphatic heterocycles. The minimum atomic E-state index is -0.536. The molecule has 0 aromatic heterocycles. The Bertz CT molecular complexity index is 290. The molecule has 0 fully saturated rings. The van der Waals surface area contributed by atoms with Crippen molar-refractivity contribution >= 4 is 5.97 Å². The van der Waals surface area contributed by atoms with Crippen LogP contribution in [0.4, 0.5) is 0 Å². The highest BCUT2D eigenvalue weighted by Crippen LogP contribution is 2.26. The topological polar surface area (TPSA) is 61.5 Å². The third-order valence-corrected chi connectivity index (χ3v) is 2.92. The second kappa shape index (κ2) is 6.71. The molecule has 0 amide bonds. The molecule has 0 saturated carbocycles. The maximum absolute atomic E-state index is 12.1. The lowest BCUT2D eigenvalue weighted by Crippen LogP contribution is -2.36. The molecule has 0 aromatic carbocycles. The maximum Gasteiger partial charge on any atom is 0.312 e. The quantitative estimate of drug-likeness (QED) is 0.724. The van der Waals surface area contributed by atoms with Gasteiger partial charge < -0.3 is 15.2 Å². The van der Waals surface area contributed by atoms with Gasteiger partial charge in [0.25, 0.3) is 0 Å². The molecule has 0 heterocycles. The summed E-state index contributed by atoms with van der Waals surface area (Å²) in [5.74, 6) is -0.180. The van der Waals surface area contributed by atoms with E-state index in [4.69, 9.17) is 15.2 Å². The minimum absolute atomic E-state index is 0.180. The van der Waals surface area contributed by atoms with Gasteiger partial charge in [0.2, 0.25) is 0 Å². The Morgan fingerprint density at radius 3 is 1.95 bits per heavy atom. The minimum Gasteiger partial charge on any atom is -0.460 e. The highest BCUT2D eigenvalue weighted by molar-refractivity contribution is 5.76. The van der Waals surface area contributed by atoms with E-state index in [1.165, 1.54) is 0 Å². The average molecular weight is 273 g/mol. The van der Waals surface area contributed by atoms with Crippen LogP contribution in [-0.4, -0.2) is 30.3 Å². The molecule has 4 nitrogen and oxygen atoms in total. The first-order valence-electron chi connectivity index (χ1n) is 6.97. The van der Waals surface area contributed by atoms with Gasteiger partial charge in [-0.25, -0.2) is 0 Å². The SMILES string of the molecule is CC(C)(C)OC(=O)C(C)(C)CCOC(C)(C)CCN. The Hall–Kier alpha value is -0.610. The molecule has 4 heteroatoms. The fraction of sp³-hybridized carbons (Fsp3) is 0.933. The van der Waals surface area contributed by atoms with Crippen molar-refractivity contribution in [3.8, 4) is 0 Å². The van der Waals surface area contributed by atoms with Gasteiger partial charge in [0.1, 0.15) is 5.60 Å². The van der Waals surface area contributed by atoms with E-state index >= 15 is 0 Å². The molecule has 0 radical (unpaired) electrons. The zero-order valence-corrected chi connectivity index (χ0v) is 13.6. The van der Waals surface area contributed by atoms with Crippen molar-refractivity contribution in [2.75, 3.05) is 13.2 Å². The van der Waals surface area contributed by atoms with Crippen LogP contribution < -0.4 is 5.73 Å². The van der Waals surface area contributed by atoms with Gasteiger partial charge in [0.15, 0.2) is 0 Å². The van der Waals surface area contributed by atoms with Crippen molar-refractivity contribution in [2.45, 2.75) is 72.5 Å². The Labute approximate surface area is 118 Å². The first-order chi connectivity index (χ1) is 8.40. The second-order valence-electron chi connectivity index (χ2n) is 7.28. The van der Waals surface area contributed by atoms with Crippen LogP contribution in [0.2, 0.25) is 0 Å². The molecule has 0 aromatic rings. The predicted molar refractivity (Wildman–Crippen MR) is 77.9 cm³/mol. The van der Waals surface area contributed by atoms with E-state index in [0.717, 1.165) is 6.42 Å². The van der Waals surface area contributed by atoms with E-state index < -0.39 is 11.0 Å². The molecule has 0 saturated heterocycles. The average Bonchev–Trinajstić information content (AvgIpc) is 2.13. The summed E-state index contributed by atoms with van der Waals surface area (Å²) in [6.07, 6.45) is 1.44. The van der Waals surface area contributed by atoms with E-state index in [0.29, 0.717) is 19.6 Å². The molecule has 0 unspecified atom stereocenters. The van der Waals surface area contributed by atoms with E-state index in [-0.39, 0.29) is 11.6 Å². The molecule has 0 aliphatic rings. The number of hydrogen-bond donors (Lipinski definition) is 1. The number of carbonyl (C=O) groups excluding carboxylic acids is 1. The third-order valence-electron chi connectivity index (χ3n) is 2.92. The summed E-state index contributed by atoms with van der Waals surface area (Å²) in [7, 11) is 0. The van der Waals surface area contributed by atoms with Gasteiger partial charge in [-0.1, -0.05) is 0 Å². The van der Waals surface area contributed by atoms with Crippen LogP contribution in [0, 0.1) is 5.41 Å². The van der Waals surface area contributed by atoms with Crippen molar-refractivity contribution < 1.29 is 14.3 Å². The first kappa shape index (κ1) is 18.4. The van der Waals surface area contributed by atoms with E-state index in [1.807, 2.05) is 48.5 Å². The highest BCUT2D eigenvalue weighted by Gasteiger charge is 2.32. The maximum atomic E-state index is 12.1. The Morgan fingerprint density at radius 1 is 1.00 bits per heavy atom. The van der Waals surface area contributed by atoms with E-state index in [2.05, 4.69) is 0 Å². The molecule has 0 bridgehead atoms. The summed E-state index contributed by atoms with van der Waals surface area (Å²) >= 11 is 0. The highest BCUT2D eigenvalue weighted by atomic mass is 16.6. The lowest BCUT2D eigenvalue weighted by molar-refractivity contribution is -0.167. The van der Waals surface area contributed by atoms with Crippen LogP contribution in [0.5, 0.6) is 0 Å². The van der Waals surface area contributed by atoms with E-state index in [9.17, 15) is 4.79 Å². The summed E-state index contributed by atoms with van der Waals surface area (Å²) < 4.78 is 11.2. The van der Waals surface area contributed by atoms with Gasteiger partial charge in [-0.2, -0.15) is 0 Å². The summed E-state index contributed by atoms with van der Waals surface area (Å²) in [6, 6.07) is 0. The lowest BCUT2D eigenvalue weighted by Gasteiger charge is -2.30. The second-order valence-corrected chi connectivity index (χ2v) is 7.28. The smallest absolute Gasteiger partial charge is 0.312 e. The molecule has 0 atom stereocenters. The summed E-state index contributed by atoms with van der Waals surface area (Å²) in [6.45, 7) is 14.6. The summed E-state index contributed by atoms with van der Waals surface area (Å²) in [5.41, 5.74) is 4.31. The van der Waals surface area contributed by atoms with Crippen LogP contribution in [0.15, 0.2) is 0 Å². The van der Waals surface area contributed by atoms with Crippen LogP contribution in [-0.2, 0) is 14.3 Å². The van der Waals surface area contributed by atoms with Gasteiger partial charge in [0.05, 0.1) is 11.0 Å². The molecule has 0 aliphatic carbocycles. The largest absolute Gasteiger partial charge is 0.460 e. The van der Waals surface area contributed by atoms with Gasteiger partial charge in [-0.05, 0) is 67.9 Å². The Kier molecular flexibility index (Phi) is 6.49. The predicted octanol–water partition coefficient (Wildman–Crippen LogP) is 2.89. The van der Waals surface area contributed by atoms with E-state index in [1.54, 1.807) is 0 Å². The van der Waals surface area contributed by atoms with Crippen LogP contribution >= 0.6 is 0 Å². The van der Waals surface area contributed by atoms with Gasteiger partial charge in [-0.15, -0.1) is 0 Å². The van der Waals surface area contributed by atoms with Crippen LogP contribution in [0.3, 0.4) is 0 Å². The molecule has 114 valence electrons. The molecule has 0 spiro atoms. The van der Waals surface area contributed by atoms with Gasteiger partial charge in [0, 0.05) is 6.61 Å². The first-order valence-corrected chi connectivity index (χ1v) is 6.97. The number of rotatable bonds is 7. The molecule has 2 N–H and O–H groups in total. The number of ether oxygens (including phenoxy) is 2.